The molecular weight excluding hydrogens is 278 g/mol. The van der Waals surface area contributed by atoms with Crippen LogP contribution in [0.25, 0.3) is 6.08 Å². The van der Waals surface area contributed by atoms with Crippen LogP contribution in [0.1, 0.15) is 23.5 Å². The van der Waals surface area contributed by atoms with Crippen LogP contribution in [0, 0.1) is 0 Å². The van der Waals surface area contributed by atoms with Crippen molar-refractivity contribution in [2.45, 2.75) is 18.4 Å². The minimum atomic E-state index is 0.461. The standard InChI is InChI=1S/C19H20ClN/c1-21-14-13-18(16-5-3-2-4-6-16)19(21)12-9-15-7-10-17(20)11-8-15/h2-12,18-19H,13-14H2,1H3/b12-9+/t18-,19-/m1/s1. The number of nitrogens with zero attached hydrogens (tertiary/aromatic N) is 1. The fourth-order valence-electron chi connectivity index (χ4n) is 3.10. The van der Waals surface area contributed by atoms with Crippen molar-refractivity contribution < 1.29 is 0 Å². The first-order valence-corrected chi connectivity index (χ1v) is 7.81. The Morgan fingerprint density at radius 2 is 1.76 bits per heavy atom. The van der Waals surface area contributed by atoms with Gasteiger partial charge in [0, 0.05) is 17.0 Å². The molecule has 3 rings (SSSR count). The highest BCUT2D eigenvalue weighted by atomic mass is 35.5. The third-order valence-electron chi connectivity index (χ3n) is 4.30. The summed E-state index contributed by atoms with van der Waals surface area (Å²) in [7, 11) is 2.21. The molecule has 1 saturated heterocycles. The molecule has 0 unspecified atom stereocenters. The fraction of sp³-hybridized carbons (Fsp3) is 0.263. The van der Waals surface area contributed by atoms with E-state index in [2.05, 4.69) is 66.6 Å². The topological polar surface area (TPSA) is 3.24 Å². The lowest BCUT2D eigenvalue weighted by Crippen LogP contribution is -2.26. The Morgan fingerprint density at radius 3 is 2.48 bits per heavy atom. The van der Waals surface area contributed by atoms with Gasteiger partial charge in [0.15, 0.2) is 0 Å². The Kier molecular flexibility index (Phi) is 4.42. The first-order chi connectivity index (χ1) is 10.2. The lowest BCUT2D eigenvalue weighted by Gasteiger charge is -2.22. The normalized spacial score (nSPS) is 23.0. The largest absolute Gasteiger partial charge is 0.299 e. The van der Waals surface area contributed by atoms with Crippen molar-refractivity contribution in [3.8, 4) is 0 Å². The molecular formula is C19H20ClN. The molecule has 1 heterocycles. The molecule has 21 heavy (non-hydrogen) atoms. The molecule has 0 radical (unpaired) electrons. The molecule has 1 nitrogen and oxygen atoms in total. The van der Waals surface area contributed by atoms with Crippen LogP contribution in [0.5, 0.6) is 0 Å². The maximum Gasteiger partial charge on any atom is 0.0406 e. The van der Waals surface area contributed by atoms with Gasteiger partial charge >= 0.3 is 0 Å². The summed E-state index contributed by atoms with van der Waals surface area (Å²) in [5, 5.41) is 0.785. The molecule has 0 saturated carbocycles. The Balaban J connectivity index is 1.80. The molecule has 0 aromatic heterocycles. The summed E-state index contributed by atoms with van der Waals surface area (Å²) in [4.78, 5) is 2.43. The van der Waals surface area contributed by atoms with Crippen molar-refractivity contribution >= 4 is 17.7 Å². The molecule has 0 bridgehead atoms. The summed E-state index contributed by atoms with van der Waals surface area (Å²) < 4.78 is 0. The van der Waals surface area contributed by atoms with Crippen molar-refractivity contribution in [3.05, 3.63) is 76.8 Å². The van der Waals surface area contributed by atoms with E-state index in [1.54, 1.807) is 0 Å². The van der Waals surface area contributed by atoms with Gasteiger partial charge in [-0.3, -0.25) is 4.90 Å². The van der Waals surface area contributed by atoms with Crippen LogP contribution in [0.2, 0.25) is 5.02 Å². The Morgan fingerprint density at radius 1 is 1.05 bits per heavy atom. The van der Waals surface area contributed by atoms with Gasteiger partial charge in [-0.05, 0) is 43.3 Å². The first kappa shape index (κ1) is 14.4. The molecule has 0 N–H and O–H groups in total. The van der Waals surface area contributed by atoms with Crippen LogP contribution in [-0.4, -0.2) is 24.5 Å². The number of benzene rings is 2. The van der Waals surface area contributed by atoms with Gasteiger partial charge in [-0.25, -0.2) is 0 Å². The highest BCUT2D eigenvalue weighted by molar-refractivity contribution is 6.30. The van der Waals surface area contributed by atoms with E-state index in [4.69, 9.17) is 11.6 Å². The van der Waals surface area contributed by atoms with Crippen molar-refractivity contribution in [3.63, 3.8) is 0 Å². The maximum atomic E-state index is 5.93. The molecule has 0 spiro atoms. The first-order valence-electron chi connectivity index (χ1n) is 7.43. The van der Waals surface area contributed by atoms with Crippen LogP contribution in [0.3, 0.4) is 0 Å². The summed E-state index contributed by atoms with van der Waals surface area (Å²) in [6, 6.07) is 19.3. The second-order valence-corrected chi connectivity index (χ2v) is 6.12. The van der Waals surface area contributed by atoms with Crippen molar-refractivity contribution in [2.24, 2.45) is 0 Å². The van der Waals surface area contributed by atoms with E-state index in [9.17, 15) is 0 Å². The van der Waals surface area contributed by atoms with Gasteiger partial charge in [0.25, 0.3) is 0 Å². The average molecular weight is 298 g/mol. The SMILES string of the molecule is CN1CC[C@H](c2ccccc2)[C@H]1/C=C/c1ccc(Cl)cc1. The van der Waals surface area contributed by atoms with Gasteiger partial charge in [-0.1, -0.05) is 66.2 Å². The highest BCUT2D eigenvalue weighted by Gasteiger charge is 2.30. The molecule has 1 aliphatic rings. The quantitative estimate of drug-likeness (QED) is 0.783. The second-order valence-electron chi connectivity index (χ2n) is 5.69. The number of likely N-dealkylation sites (tertiary alicyclic amines) is 1. The van der Waals surface area contributed by atoms with Gasteiger partial charge in [0.05, 0.1) is 0 Å². The summed E-state index contributed by atoms with van der Waals surface area (Å²) in [5.74, 6) is 0.583. The zero-order chi connectivity index (χ0) is 14.7. The zero-order valence-corrected chi connectivity index (χ0v) is 13.0. The van der Waals surface area contributed by atoms with E-state index in [-0.39, 0.29) is 0 Å². The van der Waals surface area contributed by atoms with Gasteiger partial charge in [0.2, 0.25) is 0 Å². The van der Waals surface area contributed by atoms with Crippen molar-refractivity contribution in [1.82, 2.24) is 4.90 Å². The molecule has 2 atom stereocenters. The average Bonchev–Trinajstić information content (AvgIpc) is 2.89. The van der Waals surface area contributed by atoms with Crippen molar-refractivity contribution in [1.29, 1.82) is 0 Å². The van der Waals surface area contributed by atoms with E-state index < -0.39 is 0 Å². The fourth-order valence-corrected chi connectivity index (χ4v) is 3.22. The van der Waals surface area contributed by atoms with E-state index in [1.165, 1.54) is 17.5 Å². The lowest BCUT2D eigenvalue weighted by atomic mass is 9.91. The minimum absolute atomic E-state index is 0.461. The molecule has 0 amide bonds. The molecule has 2 aromatic carbocycles. The Bertz CT molecular complexity index is 603. The molecule has 1 aliphatic heterocycles. The smallest absolute Gasteiger partial charge is 0.0406 e. The summed E-state index contributed by atoms with van der Waals surface area (Å²) in [6.45, 7) is 1.15. The van der Waals surface area contributed by atoms with Crippen LogP contribution in [0.15, 0.2) is 60.7 Å². The van der Waals surface area contributed by atoms with Crippen LogP contribution < -0.4 is 0 Å². The molecule has 1 fully saturated rings. The molecule has 2 aromatic rings. The third-order valence-corrected chi connectivity index (χ3v) is 4.55. The summed E-state index contributed by atoms with van der Waals surface area (Å²) in [5.41, 5.74) is 2.64. The van der Waals surface area contributed by atoms with E-state index in [0.29, 0.717) is 12.0 Å². The van der Waals surface area contributed by atoms with Crippen LogP contribution >= 0.6 is 11.6 Å². The van der Waals surface area contributed by atoms with Gasteiger partial charge in [-0.15, -0.1) is 0 Å². The van der Waals surface area contributed by atoms with Gasteiger partial charge in [-0.2, -0.15) is 0 Å². The molecule has 2 heteroatoms. The number of halogens is 1. The highest BCUT2D eigenvalue weighted by Crippen LogP contribution is 2.33. The summed E-state index contributed by atoms with van der Waals surface area (Å²) in [6.07, 6.45) is 5.75. The monoisotopic (exact) mass is 297 g/mol. The number of hydrogen-bond acceptors (Lipinski definition) is 1. The van der Waals surface area contributed by atoms with E-state index in [1.807, 2.05) is 12.1 Å². The van der Waals surface area contributed by atoms with Crippen molar-refractivity contribution in [2.75, 3.05) is 13.6 Å². The predicted molar refractivity (Wildman–Crippen MR) is 90.7 cm³/mol. The van der Waals surface area contributed by atoms with E-state index in [0.717, 1.165) is 11.6 Å². The van der Waals surface area contributed by atoms with Crippen LogP contribution in [-0.2, 0) is 0 Å². The number of hydrogen-bond donors (Lipinski definition) is 0. The predicted octanol–water partition coefficient (Wildman–Crippen LogP) is 4.84. The second kappa shape index (κ2) is 6.46. The molecule has 0 aliphatic carbocycles. The van der Waals surface area contributed by atoms with Gasteiger partial charge < -0.3 is 0 Å². The molecule has 108 valence electrons. The third kappa shape index (κ3) is 3.37. The lowest BCUT2D eigenvalue weighted by molar-refractivity contribution is 0.347. The number of likely N-dealkylation sites (N-methyl/N-ethyl adjacent to an activating group) is 1. The van der Waals surface area contributed by atoms with Gasteiger partial charge in [0.1, 0.15) is 0 Å². The van der Waals surface area contributed by atoms with E-state index >= 15 is 0 Å². The minimum Gasteiger partial charge on any atom is -0.299 e. The Hall–Kier alpha value is -1.57. The number of rotatable bonds is 3. The van der Waals surface area contributed by atoms with Crippen LogP contribution in [0.4, 0.5) is 0 Å². The Labute approximate surface area is 131 Å². The maximum absolute atomic E-state index is 5.93. The zero-order valence-electron chi connectivity index (χ0n) is 12.2. The summed E-state index contributed by atoms with van der Waals surface area (Å²) >= 11 is 5.93.